The Morgan fingerprint density at radius 1 is 1.37 bits per heavy atom. The number of anilines is 1. The van der Waals surface area contributed by atoms with Crippen molar-refractivity contribution in [3.05, 3.63) is 23.8 Å². The third kappa shape index (κ3) is 4.11. The molecule has 1 atom stereocenters. The first-order chi connectivity index (χ1) is 9.13. The van der Waals surface area contributed by atoms with Crippen LogP contribution in [0.1, 0.15) is 10.4 Å². The van der Waals surface area contributed by atoms with Crippen LogP contribution in [-0.2, 0) is 9.47 Å². The lowest BCUT2D eigenvalue weighted by Gasteiger charge is -2.16. The molecule has 1 rings (SSSR count). The highest BCUT2D eigenvalue weighted by molar-refractivity contribution is 5.98. The number of nitrogens with one attached hydrogen (secondary N) is 1. The molecule has 0 radical (unpaired) electrons. The van der Waals surface area contributed by atoms with Crippen LogP contribution in [-0.4, -0.2) is 46.5 Å². The quantitative estimate of drug-likeness (QED) is 0.710. The van der Waals surface area contributed by atoms with Crippen LogP contribution in [0.25, 0.3) is 0 Å². The average molecular weight is 268 g/mol. The van der Waals surface area contributed by atoms with Gasteiger partial charge in [0.1, 0.15) is 0 Å². The van der Waals surface area contributed by atoms with Gasteiger partial charge in [-0.25, -0.2) is 0 Å². The van der Waals surface area contributed by atoms with E-state index in [0.29, 0.717) is 30.2 Å². The average Bonchev–Trinajstić information content (AvgIpc) is 2.42. The van der Waals surface area contributed by atoms with Crippen LogP contribution < -0.4 is 15.8 Å². The van der Waals surface area contributed by atoms with Gasteiger partial charge in [-0.1, -0.05) is 6.07 Å². The normalized spacial score (nSPS) is 11.9. The molecule has 0 aromatic heterocycles. The second-order valence-corrected chi connectivity index (χ2v) is 3.95. The van der Waals surface area contributed by atoms with Crippen molar-refractivity contribution in [2.45, 2.75) is 6.10 Å². The molecule has 1 aromatic rings. The Kier molecular flexibility index (Phi) is 6.11. The maximum absolute atomic E-state index is 12.1. The predicted octanol–water partition coefficient (Wildman–Crippen LogP) is 0.669. The van der Waals surface area contributed by atoms with Gasteiger partial charge in [-0.2, -0.15) is 0 Å². The Bertz CT molecular complexity index is 423. The van der Waals surface area contributed by atoms with E-state index in [2.05, 4.69) is 5.32 Å². The summed E-state index contributed by atoms with van der Waals surface area (Å²) in [6.07, 6.45) is -0.194. The molecular weight excluding hydrogens is 248 g/mol. The Hall–Kier alpha value is -1.79. The fraction of sp³-hybridized carbons (Fsp3) is 0.462. The zero-order valence-electron chi connectivity index (χ0n) is 11.4. The molecule has 3 N–H and O–H groups in total. The van der Waals surface area contributed by atoms with Gasteiger partial charge in [0, 0.05) is 20.8 Å². The molecule has 0 aliphatic rings. The molecule has 0 spiro atoms. The van der Waals surface area contributed by atoms with E-state index in [1.54, 1.807) is 32.4 Å². The van der Waals surface area contributed by atoms with Crippen LogP contribution in [0, 0.1) is 0 Å². The number of carbonyl (C=O) groups excluding carboxylic acids is 1. The van der Waals surface area contributed by atoms with Crippen molar-refractivity contribution in [3.63, 3.8) is 0 Å². The van der Waals surface area contributed by atoms with Gasteiger partial charge < -0.3 is 25.3 Å². The monoisotopic (exact) mass is 268 g/mol. The summed E-state index contributed by atoms with van der Waals surface area (Å²) >= 11 is 0. The summed E-state index contributed by atoms with van der Waals surface area (Å²) < 4.78 is 15.3. The second-order valence-electron chi connectivity index (χ2n) is 3.95. The summed E-state index contributed by atoms with van der Waals surface area (Å²) in [6, 6.07) is 5.04. The maximum Gasteiger partial charge on any atom is 0.255 e. The van der Waals surface area contributed by atoms with Crippen LogP contribution in [0.5, 0.6) is 5.75 Å². The highest BCUT2D eigenvalue weighted by Crippen LogP contribution is 2.25. The van der Waals surface area contributed by atoms with Crippen LogP contribution in [0.2, 0.25) is 0 Å². The Labute approximate surface area is 112 Å². The minimum absolute atomic E-state index is 0.194. The van der Waals surface area contributed by atoms with Crippen molar-refractivity contribution < 1.29 is 19.0 Å². The van der Waals surface area contributed by atoms with Crippen molar-refractivity contribution in [1.82, 2.24) is 5.32 Å². The topological polar surface area (TPSA) is 82.8 Å². The molecule has 1 amide bonds. The van der Waals surface area contributed by atoms with Crippen molar-refractivity contribution in [2.75, 3.05) is 40.2 Å². The Morgan fingerprint density at radius 2 is 2.11 bits per heavy atom. The molecule has 1 unspecified atom stereocenters. The fourth-order valence-electron chi connectivity index (χ4n) is 1.66. The molecule has 0 bridgehead atoms. The number of nitrogen functional groups attached to an aromatic ring is 1. The number of nitrogens with two attached hydrogens (primary N) is 1. The van der Waals surface area contributed by atoms with Crippen LogP contribution >= 0.6 is 0 Å². The van der Waals surface area contributed by atoms with Gasteiger partial charge in [-0.3, -0.25) is 4.79 Å². The molecule has 19 heavy (non-hydrogen) atoms. The summed E-state index contributed by atoms with van der Waals surface area (Å²) in [5, 5.41) is 2.76. The number of carbonyl (C=O) groups is 1. The van der Waals surface area contributed by atoms with Gasteiger partial charge >= 0.3 is 0 Å². The third-order valence-electron chi connectivity index (χ3n) is 2.67. The van der Waals surface area contributed by atoms with E-state index in [1.165, 1.54) is 7.11 Å². The number of rotatable bonds is 7. The molecule has 0 aliphatic heterocycles. The van der Waals surface area contributed by atoms with Gasteiger partial charge in [-0.15, -0.1) is 0 Å². The Balaban J connectivity index is 2.70. The number of benzene rings is 1. The van der Waals surface area contributed by atoms with Crippen molar-refractivity contribution >= 4 is 11.6 Å². The maximum atomic E-state index is 12.1. The first-order valence-electron chi connectivity index (χ1n) is 5.86. The number of methoxy groups -OCH3 is 3. The lowest BCUT2D eigenvalue weighted by Crippen LogP contribution is -2.35. The molecule has 0 heterocycles. The molecule has 1 aromatic carbocycles. The number of hydrogen-bond acceptors (Lipinski definition) is 5. The van der Waals surface area contributed by atoms with Gasteiger partial charge in [0.05, 0.1) is 31.1 Å². The second kappa shape index (κ2) is 7.60. The van der Waals surface area contributed by atoms with Gasteiger partial charge in [0.15, 0.2) is 5.75 Å². The summed E-state index contributed by atoms with van der Waals surface area (Å²) in [5.74, 6) is 0.114. The van der Waals surface area contributed by atoms with E-state index in [9.17, 15) is 4.79 Å². The Morgan fingerprint density at radius 3 is 2.68 bits per heavy atom. The molecule has 6 heteroatoms. The zero-order valence-corrected chi connectivity index (χ0v) is 11.4. The van der Waals surface area contributed by atoms with Crippen molar-refractivity contribution in [2.24, 2.45) is 0 Å². The van der Waals surface area contributed by atoms with Crippen LogP contribution in [0.3, 0.4) is 0 Å². The summed E-state index contributed by atoms with van der Waals surface area (Å²) in [4.78, 5) is 12.1. The van der Waals surface area contributed by atoms with E-state index in [-0.39, 0.29) is 12.0 Å². The molecule has 0 saturated carbocycles. The molecule has 106 valence electrons. The minimum Gasteiger partial charge on any atom is -0.494 e. The molecular formula is C13H20N2O4. The zero-order chi connectivity index (χ0) is 14.3. The predicted molar refractivity (Wildman–Crippen MR) is 72.4 cm³/mol. The fourth-order valence-corrected chi connectivity index (χ4v) is 1.66. The number of amides is 1. The lowest BCUT2D eigenvalue weighted by molar-refractivity contribution is 0.0285. The first-order valence-corrected chi connectivity index (χ1v) is 5.86. The van der Waals surface area contributed by atoms with Crippen LogP contribution in [0.4, 0.5) is 5.69 Å². The third-order valence-corrected chi connectivity index (χ3v) is 2.67. The van der Waals surface area contributed by atoms with Crippen molar-refractivity contribution in [3.8, 4) is 5.75 Å². The summed E-state index contributed by atoms with van der Waals surface area (Å²) in [7, 11) is 4.62. The van der Waals surface area contributed by atoms with Crippen molar-refractivity contribution in [1.29, 1.82) is 0 Å². The van der Waals surface area contributed by atoms with E-state index in [0.717, 1.165) is 0 Å². The highest BCUT2D eigenvalue weighted by Gasteiger charge is 2.16. The lowest BCUT2D eigenvalue weighted by atomic mass is 10.1. The molecule has 0 aliphatic carbocycles. The highest BCUT2D eigenvalue weighted by atomic mass is 16.5. The minimum atomic E-state index is -0.262. The summed E-state index contributed by atoms with van der Waals surface area (Å²) in [5.41, 5.74) is 6.57. The summed E-state index contributed by atoms with van der Waals surface area (Å²) in [6.45, 7) is 0.756. The van der Waals surface area contributed by atoms with Crippen LogP contribution in [0.15, 0.2) is 18.2 Å². The van der Waals surface area contributed by atoms with Gasteiger partial charge in [-0.05, 0) is 12.1 Å². The van der Waals surface area contributed by atoms with E-state index >= 15 is 0 Å². The molecule has 0 saturated heterocycles. The first kappa shape index (κ1) is 15.3. The smallest absolute Gasteiger partial charge is 0.255 e. The SMILES string of the molecule is COCC(CNC(=O)c1cccc(N)c1OC)OC. The largest absolute Gasteiger partial charge is 0.494 e. The van der Waals surface area contributed by atoms with E-state index in [1.807, 2.05) is 0 Å². The van der Waals surface area contributed by atoms with E-state index < -0.39 is 0 Å². The van der Waals surface area contributed by atoms with Gasteiger partial charge in [0.2, 0.25) is 0 Å². The standard InChI is InChI=1S/C13H20N2O4/c1-17-8-9(18-2)7-15-13(16)10-5-4-6-11(14)12(10)19-3/h4-6,9H,7-8,14H2,1-3H3,(H,15,16). The number of ether oxygens (including phenoxy) is 3. The number of hydrogen-bond donors (Lipinski definition) is 2. The van der Waals surface area contributed by atoms with Gasteiger partial charge in [0.25, 0.3) is 5.91 Å². The molecule has 6 nitrogen and oxygen atoms in total. The molecule has 0 fully saturated rings. The number of para-hydroxylation sites is 1. The van der Waals surface area contributed by atoms with E-state index in [4.69, 9.17) is 19.9 Å².